The van der Waals surface area contributed by atoms with Crippen LogP contribution in [-0.4, -0.2) is 91.0 Å². The summed E-state index contributed by atoms with van der Waals surface area (Å²) < 4.78 is 62.6. The molecule has 0 fully saturated rings. The molecule has 0 aliphatic carbocycles. The molecule has 0 aliphatic rings. The van der Waals surface area contributed by atoms with Crippen molar-refractivity contribution in [3.63, 3.8) is 0 Å². The van der Waals surface area contributed by atoms with E-state index in [2.05, 4.69) is 51.3 Å². The Kier molecular flexibility index (Phi) is 16.8. The van der Waals surface area contributed by atoms with Crippen LogP contribution in [0.2, 0.25) is 0 Å². The Labute approximate surface area is 239 Å². The van der Waals surface area contributed by atoms with Gasteiger partial charge in [-0.3, -0.25) is 13.9 Å². The van der Waals surface area contributed by atoms with Gasteiger partial charge in [0.2, 0.25) is 0 Å². The third kappa shape index (κ3) is 13.2. The first-order chi connectivity index (χ1) is 18.6. The fraction of sp³-hybridized carbons (Fsp3) is 0.519. The van der Waals surface area contributed by atoms with Crippen LogP contribution in [0.3, 0.4) is 0 Å². The predicted octanol–water partition coefficient (Wildman–Crippen LogP) is 4.10. The number of phenols is 2. The summed E-state index contributed by atoms with van der Waals surface area (Å²) in [7, 11) is -9.34. The first-order valence-corrected chi connectivity index (χ1v) is 16.0. The highest BCUT2D eigenvalue weighted by Crippen LogP contribution is 2.26. The molecule has 0 saturated heterocycles. The highest BCUT2D eigenvalue weighted by atomic mass is 32.2. The predicted molar refractivity (Wildman–Crippen MR) is 155 cm³/mol. The van der Waals surface area contributed by atoms with Gasteiger partial charge in [0.25, 0.3) is 20.2 Å². The fourth-order valence-corrected chi connectivity index (χ4v) is 4.80. The van der Waals surface area contributed by atoms with Crippen molar-refractivity contribution in [2.45, 2.75) is 64.2 Å². The molecule has 2 aromatic carbocycles. The first-order valence-electron chi connectivity index (χ1n) is 13.2. The lowest BCUT2D eigenvalue weighted by molar-refractivity contribution is 0.0982. The van der Waals surface area contributed by atoms with Crippen molar-refractivity contribution in [3.8, 4) is 11.5 Å². The van der Waals surface area contributed by atoms with Gasteiger partial charge in [-0.2, -0.15) is 16.8 Å². The van der Waals surface area contributed by atoms with Crippen molar-refractivity contribution in [2.24, 2.45) is 0 Å². The number of carbonyl (C=O) groups is 1. The average molecular weight is 605 g/mol. The van der Waals surface area contributed by atoms with Gasteiger partial charge < -0.3 is 20.0 Å². The molecule has 0 aliphatic heterocycles. The largest absolute Gasteiger partial charge is 0.506 e. The molecule has 0 bridgehead atoms. The zero-order valence-electron chi connectivity index (χ0n) is 24.2. The summed E-state index contributed by atoms with van der Waals surface area (Å²) in [6.45, 7) is 20.2. The maximum absolute atomic E-state index is 12.2. The highest BCUT2D eigenvalue weighted by molar-refractivity contribution is 7.86. The molecular formula is C27H44N2O9S2. The Bertz CT molecular complexity index is 1250. The standard InChI is InChI=1S/C15H14O9S2.2C6H15N/c16-11(10-3-6-13(18)15(8-10)26(22,23)24)4-1-9-2-5-12(17)14(7-9)25(19,20)21;2*1-4-7(5-2)6-3/h2-3,5-8,17-18H,1,4H2,(H,19,20,21)(H,22,23,24);2*4-6H2,1-3H3. The Hall–Kier alpha value is -2.55. The number of hydrogen-bond acceptors (Lipinski definition) is 9. The van der Waals surface area contributed by atoms with Crippen molar-refractivity contribution < 1.29 is 40.9 Å². The zero-order valence-corrected chi connectivity index (χ0v) is 25.8. The van der Waals surface area contributed by atoms with Gasteiger partial charge in [0.15, 0.2) is 5.78 Å². The summed E-state index contributed by atoms with van der Waals surface area (Å²) >= 11 is 0. The van der Waals surface area contributed by atoms with Gasteiger partial charge in [-0.25, -0.2) is 0 Å². The van der Waals surface area contributed by atoms with E-state index >= 15 is 0 Å². The number of carbonyl (C=O) groups excluding carboxylic acids is 1. The van der Waals surface area contributed by atoms with Crippen LogP contribution in [0.15, 0.2) is 46.2 Å². The molecule has 0 heterocycles. The lowest BCUT2D eigenvalue weighted by Gasteiger charge is -2.13. The van der Waals surface area contributed by atoms with Crippen LogP contribution < -0.4 is 0 Å². The molecule has 0 saturated carbocycles. The van der Waals surface area contributed by atoms with Gasteiger partial charge in [0.1, 0.15) is 21.3 Å². The van der Waals surface area contributed by atoms with E-state index < -0.39 is 47.3 Å². The average Bonchev–Trinajstić information content (AvgIpc) is 2.90. The van der Waals surface area contributed by atoms with Crippen LogP contribution in [0, 0.1) is 0 Å². The Morgan fingerprint density at radius 3 is 1.38 bits per heavy atom. The molecule has 228 valence electrons. The minimum Gasteiger partial charge on any atom is -0.506 e. The van der Waals surface area contributed by atoms with Crippen molar-refractivity contribution in [3.05, 3.63) is 47.5 Å². The van der Waals surface area contributed by atoms with E-state index in [0.717, 1.165) is 24.3 Å². The van der Waals surface area contributed by atoms with Crippen molar-refractivity contribution in [2.75, 3.05) is 39.3 Å². The Balaban J connectivity index is 0.000000894. The summed E-state index contributed by atoms with van der Waals surface area (Å²) in [5, 5.41) is 18.9. The summed E-state index contributed by atoms with van der Waals surface area (Å²) in [5.74, 6) is -1.88. The molecule has 40 heavy (non-hydrogen) atoms. The molecule has 0 atom stereocenters. The van der Waals surface area contributed by atoms with Crippen molar-refractivity contribution in [1.29, 1.82) is 0 Å². The lowest BCUT2D eigenvalue weighted by atomic mass is 10.0. The molecule has 11 nitrogen and oxygen atoms in total. The second-order valence-corrected chi connectivity index (χ2v) is 11.4. The number of nitrogens with zero attached hydrogens (tertiary/aromatic N) is 2. The molecular weight excluding hydrogens is 560 g/mol. The highest BCUT2D eigenvalue weighted by Gasteiger charge is 2.19. The molecule has 0 aromatic heterocycles. The number of rotatable bonds is 12. The van der Waals surface area contributed by atoms with Crippen molar-refractivity contribution in [1.82, 2.24) is 9.80 Å². The Morgan fingerprint density at radius 2 is 1.02 bits per heavy atom. The number of hydrogen-bond donors (Lipinski definition) is 4. The maximum atomic E-state index is 12.2. The van der Waals surface area contributed by atoms with Crippen LogP contribution in [0.5, 0.6) is 11.5 Å². The summed E-state index contributed by atoms with van der Waals surface area (Å²) in [4.78, 5) is 15.4. The SMILES string of the molecule is CCN(CC)CC.CCN(CC)CC.O=C(CCc1ccc(O)c(S(=O)(=O)O)c1)c1ccc(O)c(S(=O)(=O)O)c1. The molecule has 0 unspecified atom stereocenters. The van der Waals surface area contributed by atoms with E-state index in [9.17, 15) is 31.8 Å². The first kappa shape index (κ1) is 37.5. The molecule has 2 rings (SSSR count). The molecule has 0 spiro atoms. The second-order valence-electron chi connectivity index (χ2n) is 8.60. The minimum atomic E-state index is -4.71. The monoisotopic (exact) mass is 604 g/mol. The van der Waals surface area contributed by atoms with Crippen LogP contribution in [0.1, 0.15) is 63.9 Å². The summed E-state index contributed by atoms with van der Waals surface area (Å²) in [5.41, 5.74) is 0.252. The van der Waals surface area contributed by atoms with E-state index in [0.29, 0.717) is 5.56 Å². The fourth-order valence-electron chi connectivity index (χ4n) is 3.56. The normalized spacial score (nSPS) is 11.4. The van der Waals surface area contributed by atoms with Gasteiger partial charge in [-0.1, -0.05) is 47.6 Å². The van der Waals surface area contributed by atoms with Gasteiger partial charge in [0, 0.05) is 12.0 Å². The van der Waals surface area contributed by atoms with Gasteiger partial charge in [0.05, 0.1) is 0 Å². The van der Waals surface area contributed by atoms with Crippen LogP contribution in [0.25, 0.3) is 0 Å². The van der Waals surface area contributed by atoms with Crippen LogP contribution in [-0.2, 0) is 26.7 Å². The van der Waals surface area contributed by atoms with Crippen molar-refractivity contribution >= 4 is 26.0 Å². The van der Waals surface area contributed by atoms with Crippen LogP contribution in [0.4, 0.5) is 0 Å². The lowest BCUT2D eigenvalue weighted by Crippen LogP contribution is -2.21. The van der Waals surface area contributed by atoms with E-state index in [1.807, 2.05) is 0 Å². The number of benzene rings is 2. The molecule has 13 heteroatoms. The van der Waals surface area contributed by atoms with Crippen LogP contribution >= 0.6 is 0 Å². The van der Waals surface area contributed by atoms with Gasteiger partial charge in [-0.05, 0) is 81.6 Å². The topological polar surface area (TPSA) is 173 Å². The quantitative estimate of drug-likeness (QED) is 0.203. The van der Waals surface area contributed by atoms with E-state index in [4.69, 9.17) is 9.11 Å². The number of phenolic OH excluding ortho intramolecular Hbond substituents is 2. The van der Waals surface area contributed by atoms with E-state index in [-0.39, 0.29) is 18.4 Å². The molecule has 0 amide bonds. The van der Waals surface area contributed by atoms with Gasteiger partial charge >= 0.3 is 0 Å². The van der Waals surface area contributed by atoms with E-state index in [1.165, 1.54) is 51.4 Å². The third-order valence-corrected chi connectivity index (χ3v) is 7.95. The summed E-state index contributed by atoms with van der Waals surface area (Å²) in [6, 6.07) is 6.38. The smallest absolute Gasteiger partial charge is 0.298 e. The molecule has 2 aromatic rings. The number of Topliss-reactive ketones (excluding diaryl/α,β-unsaturated/α-hetero) is 1. The second kappa shape index (κ2) is 18.0. The van der Waals surface area contributed by atoms with Gasteiger partial charge in [-0.15, -0.1) is 0 Å². The van der Waals surface area contributed by atoms with E-state index in [1.54, 1.807) is 0 Å². The third-order valence-electron chi connectivity index (χ3n) is 6.19. The zero-order chi connectivity index (χ0) is 31.1. The maximum Gasteiger partial charge on any atom is 0.298 e. The number of aromatic hydroxyl groups is 2. The molecule has 4 N–H and O–H groups in total. The number of aryl methyl sites for hydroxylation is 1. The Morgan fingerprint density at radius 1 is 0.650 bits per heavy atom. The number of ketones is 1. The summed E-state index contributed by atoms with van der Waals surface area (Å²) in [6.07, 6.45) is -0.130. The molecule has 0 radical (unpaired) electrons. The minimum absolute atomic E-state index is 0.0315.